The number of fused-ring (bicyclic) bond motifs is 1. The molecule has 0 unspecified atom stereocenters. The lowest BCUT2D eigenvalue weighted by atomic mass is 9.93. The van der Waals surface area contributed by atoms with Gasteiger partial charge in [0, 0.05) is 4.70 Å². The Morgan fingerprint density at radius 3 is 2.70 bits per heavy atom. The second kappa shape index (κ2) is 5.92. The number of carboxylic acid groups (broad SMARTS) is 1. The van der Waals surface area contributed by atoms with Crippen LogP contribution in [0.15, 0.2) is 18.2 Å². The van der Waals surface area contributed by atoms with Gasteiger partial charge < -0.3 is 10.4 Å². The molecular weight excluding hydrogens is 317 g/mol. The predicted molar refractivity (Wildman–Crippen MR) is 87.4 cm³/mol. The zero-order chi connectivity index (χ0) is 16.6. The van der Waals surface area contributed by atoms with E-state index in [9.17, 15) is 14.0 Å². The smallest absolute Gasteiger partial charge is 0.305 e. The number of nitrogens with one attached hydrogen (secondary N) is 1. The van der Waals surface area contributed by atoms with E-state index in [1.165, 1.54) is 23.5 Å². The maximum atomic E-state index is 13.4. The van der Waals surface area contributed by atoms with E-state index in [2.05, 4.69) is 5.32 Å². The highest BCUT2D eigenvalue weighted by Gasteiger charge is 2.38. The van der Waals surface area contributed by atoms with Crippen molar-refractivity contribution in [2.75, 3.05) is 0 Å². The fourth-order valence-corrected chi connectivity index (χ4v) is 4.48. The molecule has 1 aromatic carbocycles. The van der Waals surface area contributed by atoms with Crippen molar-refractivity contribution in [1.29, 1.82) is 0 Å². The first-order chi connectivity index (χ1) is 10.9. The summed E-state index contributed by atoms with van der Waals surface area (Å²) in [6, 6.07) is 4.48. The largest absolute Gasteiger partial charge is 0.481 e. The van der Waals surface area contributed by atoms with Crippen molar-refractivity contribution in [3.8, 4) is 0 Å². The van der Waals surface area contributed by atoms with Crippen LogP contribution in [0, 0.1) is 12.7 Å². The maximum Gasteiger partial charge on any atom is 0.305 e. The molecule has 0 radical (unpaired) electrons. The summed E-state index contributed by atoms with van der Waals surface area (Å²) in [4.78, 5) is 24.3. The van der Waals surface area contributed by atoms with Gasteiger partial charge in [-0.15, -0.1) is 11.3 Å². The molecule has 1 heterocycles. The quantitative estimate of drug-likeness (QED) is 0.891. The number of thiophene rings is 1. The fraction of sp³-hybridized carbons (Fsp3) is 0.412. The first kappa shape index (κ1) is 15.9. The first-order valence-electron chi connectivity index (χ1n) is 7.63. The molecule has 0 spiro atoms. The van der Waals surface area contributed by atoms with E-state index in [1.54, 1.807) is 13.0 Å². The maximum absolute atomic E-state index is 13.4. The Morgan fingerprint density at radius 1 is 1.35 bits per heavy atom. The minimum atomic E-state index is -0.901. The van der Waals surface area contributed by atoms with E-state index in [-0.39, 0.29) is 18.1 Å². The lowest BCUT2D eigenvalue weighted by Crippen LogP contribution is -2.47. The van der Waals surface area contributed by atoms with Crippen LogP contribution in [0.1, 0.15) is 47.3 Å². The van der Waals surface area contributed by atoms with Gasteiger partial charge in [0.2, 0.25) is 0 Å². The van der Waals surface area contributed by atoms with Gasteiger partial charge in [-0.2, -0.15) is 0 Å². The Morgan fingerprint density at radius 2 is 2.04 bits per heavy atom. The summed E-state index contributed by atoms with van der Waals surface area (Å²) in [6.07, 6.45) is 3.15. The number of rotatable bonds is 4. The number of benzene rings is 1. The average molecular weight is 335 g/mol. The number of hydrogen-bond acceptors (Lipinski definition) is 3. The standard InChI is InChI=1S/C17H18FNO3S/c1-10-12-8-11(18)4-5-13(12)23-15(10)16(22)19-17(9-14(20)21)6-2-3-7-17/h4-5,8H,2-3,6-7,9H2,1H3,(H,19,22)(H,20,21). The normalized spacial score (nSPS) is 16.6. The number of amides is 1. The molecule has 23 heavy (non-hydrogen) atoms. The number of carboxylic acids is 1. The Kier molecular flexibility index (Phi) is 4.10. The molecule has 0 bridgehead atoms. The molecule has 1 amide bonds. The molecular formula is C17H18FNO3S. The third-order valence-electron chi connectivity index (χ3n) is 4.53. The predicted octanol–water partition coefficient (Wildman–Crippen LogP) is 3.87. The fourth-order valence-electron chi connectivity index (χ4n) is 3.39. The van der Waals surface area contributed by atoms with Crippen molar-refractivity contribution in [2.45, 2.75) is 44.6 Å². The molecule has 122 valence electrons. The van der Waals surface area contributed by atoms with Gasteiger partial charge in [0.25, 0.3) is 5.91 Å². The lowest BCUT2D eigenvalue weighted by Gasteiger charge is -2.28. The van der Waals surface area contributed by atoms with Gasteiger partial charge in [0.1, 0.15) is 5.82 Å². The van der Waals surface area contributed by atoms with Crippen LogP contribution >= 0.6 is 11.3 Å². The summed E-state index contributed by atoms with van der Waals surface area (Å²) in [7, 11) is 0. The summed E-state index contributed by atoms with van der Waals surface area (Å²) < 4.78 is 14.3. The van der Waals surface area contributed by atoms with Gasteiger partial charge in [0.05, 0.1) is 16.8 Å². The molecule has 0 aliphatic heterocycles. The Labute approximate surface area is 137 Å². The molecule has 1 aliphatic carbocycles. The van der Waals surface area contributed by atoms with Gasteiger partial charge in [-0.1, -0.05) is 12.8 Å². The van der Waals surface area contributed by atoms with Crippen LogP contribution in [0.3, 0.4) is 0 Å². The van der Waals surface area contributed by atoms with Crippen LogP contribution in [-0.2, 0) is 4.79 Å². The number of carbonyl (C=O) groups is 2. The topological polar surface area (TPSA) is 66.4 Å². The highest BCUT2D eigenvalue weighted by atomic mass is 32.1. The zero-order valence-electron chi connectivity index (χ0n) is 12.8. The van der Waals surface area contributed by atoms with Crippen LogP contribution in [0.5, 0.6) is 0 Å². The lowest BCUT2D eigenvalue weighted by molar-refractivity contribution is -0.138. The van der Waals surface area contributed by atoms with Gasteiger partial charge in [0.15, 0.2) is 0 Å². The first-order valence-corrected chi connectivity index (χ1v) is 8.45. The minimum absolute atomic E-state index is 0.0582. The van der Waals surface area contributed by atoms with Crippen LogP contribution in [0.4, 0.5) is 4.39 Å². The molecule has 3 rings (SSSR count). The molecule has 6 heteroatoms. The summed E-state index contributed by atoms with van der Waals surface area (Å²) in [5.74, 6) is -1.49. The van der Waals surface area contributed by atoms with Crippen molar-refractivity contribution < 1.29 is 19.1 Å². The van der Waals surface area contributed by atoms with E-state index in [4.69, 9.17) is 5.11 Å². The molecule has 0 atom stereocenters. The summed E-state index contributed by atoms with van der Waals surface area (Å²) in [6.45, 7) is 1.80. The second-order valence-electron chi connectivity index (χ2n) is 6.21. The highest BCUT2D eigenvalue weighted by Crippen LogP contribution is 2.35. The molecule has 1 saturated carbocycles. The minimum Gasteiger partial charge on any atom is -0.481 e. The van der Waals surface area contributed by atoms with E-state index in [0.29, 0.717) is 17.7 Å². The van der Waals surface area contributed by atoms with Gasteiger partial charge in [-0.05, 0) is 48.9 Å². The van der Waals surface area contributed by atoms with Crippen LogP contribution in [-0.4, -0.2) is 22.5 Å². The van der Waals surface area contributed by atoms with Crippen LogP contribution in [0.25, 0.3) is 10.1 Å². The average Bonchev–Trinajstić information content (AvgIpc) is 3.04. The molecule has 1 aromatic heterocycles. The van der Waals surface area contributed by atoms with Crippen LogP contribution in [0.2, 0.25) is 0 Å². The second-order valence-corrected chi connectivity index (χ2v) is 7.26. The molecule has 0 saturated heterocycles. The van der Waals surface area contributed by atoms with Crippen molar-refractivity contribution >= 4 is 33.3 Å². The SMILES string of the molecule is Cc1c(C(=O)NC2(CC(=O)O)CCCC2)sc2ccc(F)cc12. The molecule has 2 N–H and O–H groups in total. The van der Waals surface area contributed by atoms with E-state index in [0.717, 1.165) is 28.5 Å². The molecule has 4 nitrogen and oxygen atoms in total. The Bertz CT molecular complexity index is 777. The van der Waals surface area contributed by atoms with Gasteiger partial charge in [-0.25, -0.2) is 4.39 Å². The van der Waals surface area contributed by atoms with Crippen molar-refractivity contribution in [3.05, 3.63) is 34.5 Å². The van der Waals surface area contributed by atoms with Crippen LogP contribution < -0.4 is 5.32 Å². The van der Waals surface area contributed by atoms with E-state index in [1.807, 2.05) is 0 Å². The zero-order valence-corrected chi connectivity index (χ0v) is 13.6. The Balaban J connectivity index is 1.91. The number of carbonyl (C=O) groups excluding carboxylic acids is 1. The van der Waals surface area contributed by atoms with Gasteiger partial charge in [-0.3, -0.25) is 9.59 Å². The van der Waals surface area contributed by atoms with E-state index < -0.39 is 11.5 Å². The summed E-state index contributed by atoms with van der Waals surface area (Å²) in [5, 5.41) is 12.8. The third kappa shape index (κ3) is 3.08. The number of hydrogen-bond donors (Lipinski definition) is 2. The number of aliphatic carboxylic acids is 1. The Hall–Kier alpha value is -1.95. The van der Waals surface area contributed by atoms with Crippen molar-refractivity contribution in [2.24, 2.45) is 0 Å². The monoisotopic (exact) mass is 335 g/mol. The number of halogens is 1. The third-order valence-corrected chi connectivity index (χ3v) is 5.81. The summed E-state index contributed by atoms with van der Waals surface area (Å²) in [5.41, 5.74) is 0.0852. The van der Waals surface area contributed by atoms with Gasteiger partial charge >= 0.3 is 5.97 Å². The number of aryl methyl sites for hydroxylation is 1. The molecule has 1 aliphatic rings. The molecule has 2 aromatic rings. The molecule has 1 fully saturated rings. The summed E-state index contributed by atoms with van der Waals surface area (Å²) >= 11 is 1.32. The van der Waals surface area contributed by atoms with Crippen molar-refractivity contribution in [1.82, 2.24) is 5.32 Å². The van der Waals surface area contributed by atoms with E-state index >= 15 is 0 Å². The highest BCUT2D eigenvalue weighted by molar-refractivity contribution is 7.21. The van der Waals surface area contributed by atoms with Crippen molar-refractivity contribution in [3.63, 3.8) is 0 Å².